The molecule has 0 radical (unpaired) electrons. The molecular formula is C14H21FN2O2. The quantitative estimate of drug-likeness (QED) is 0.757. The van der Waals surface area contributed by atoms with E-state index in [2.05, 4.69) is 10.3 Å². The van der Waals surface area contributed by atoms with Gasteiger partial charge in [0.2, 0.25) is 0 Å². The van der Waals surface area contributed by atoms with E-state index in [1.807, 2.05) is 13.0 Å². The van der Waals surface area contributed by atoms with Crippen molar-refractivity contribution >= 4 is 0 Å². The van der Waals surface area contributed by atoms with Gasteiger partial charge in [-0.05, 0) is 44.0 Å². The first-order valence-electron chi connectivity index (χ1n) is 6.70. The van der Waals surface area contributed by atoms with Gasteiger partial charge in [-0.15, -0.1) is 0 Å². The zero-order valence-electron chi connectivity index (χ0n) is 11.2. The summed E-state index contributed by atoms with van der Waals surface area (Å²) in [4.78, 5) is 4.27. The molecule has 1 aromatic rings. The highest BCUT2D eigenvalue weighted by molar-refractivity contribution is 5.29. The van der Waals surface area contributed by atoms with Gasteiger partial charge in [0.15, 0.2) is 5.67 Å². The molecule has 0 aromatic carbocycles. The average Bonchev–Trinajstić information content (AvgIpc) is 2.39. The SMILES string of the molecule is Cc1cc(CC(O)CO)cnc1C1(F)CCNCC1. The summed E-state index contributed by atoms with van der Waals surface area (Å²) >= 11 is 0. The van der Waals surface area contributed by atoms with E-state index in [9.17, 15) is 9.50 Å². The van der Waals surface area contributed by atoms with Crippen molar-refractivity contribution in [3.63, 3.8) is 0 Å². The van der Waals surface area contributed by atoms with E-state index in [-0.39, 0.29) is 6.61 Å². The Morgan fingerprint density at radius 3 is 2.74 bits per heavy atom. The molecule has 1 aliphatic rings. The van der Waals surface area contributed by atoms with E-state index < -0.39 is 11.8 Å². The third-order valence-electron chi connectivity index (χ3n) is 3.64. The highest BCUT2D eigenvalue weighted by atomic mass is 19.1. The highest BCUT2D eigenvalue weighted by Crippen LogP contribution is 2.35. The number of aryl methyl sites for hydroxylation is 1. The summed E-state index contributed by atoms with van der Waals surface area (Å²) in [7, 11) is 0. The van der Waals surface area contributed by atoms with Gasteiger partial charge in [0, 0.05) is 12.6 Å². The van der Waals surface area contributed by atoms with Crippen LogP contribution in [0.2, 0.25) is 0 Å². The van der Waals surface area contributed by atoms with E-state index in [0.29, 0.717) is 38.0 Å². The molecule has 0 aliphatic carbocycles. The molecule has 0 spiro atoms. The minimum Gasteiger partial charge on any atom is -0.394 e. The Labute approximate surface area is 112 Å². The van der Waals surface area contributed by atoms with Crippen molar-refractivity contribution in [1.29, 1.82) is 0 Å². The van der Waals surface area contributed by atoms with Gasteiger partial charge in [0.05, 0.1) is 18.4 Å². The van der Waals surface area contributed by atoms with Crippen LogP contribution in [0.25, 0.3) is 0 Å². The molecule has 19 heavy (non-hydrogen) atoms. The molecule has 0 saturated carbocycles. The van der Waals surface area contributed by atoms with Crippen LogP contribution in [-0.2, 0) is 12.1 Å². The Morgan fingerprint density at radius 2 is 2.16 bits per heavy atom. The predicted octanol–water partition coefficient (Wildman–Crippen LogP) is 0.834. The molecule has 2 rings (SSSR count). The van der Waals surface area contributed by atoms with E-state index in [1.165, 1.54) is 0 Å². The number of halogens is 1. The van der Waals surface area contributed by atoms with E-state index in [0.717, 1.165) is 11.1 Å². The van der Waals surface area contributed by atoms with Crippen LogP contribution in [0.15, 0.2) is 12.3 Å². The number of aliphatic hydroxyl groups is 2. The number of alkyl halides is 1. The van der Waals surface area contributed by atoms with E-state index >= 15 is 0 Å². The zero-order chi connectivity index (χ0) is 13.9. The number of hydrogen-bond donors (Lipinski definition) is 3. The molecule has 5 heteroatoms. The first kappa shape index (κ1) is 14.4. The second-order valence-corrected chi connectivity index (χ2v) is 5.26. The Hall–Kier alpha value is -1.04. The van der Waals surface area contributed by atoms with Gasteiger partial charge in [-0.1, -0.05) is 6.07 Å². The summed E-state index contributed by atoms with van der Waals surface area (Å²) in [6.07, 6.45) is 2.04. The lowest BCUT2D eigenvalue weighted by molar-refractivity contribution is 0.0951. The maximum Gasteiger partial charge on any atom is 0.155 e. The molecule has 2 heterocycles. The molecule has 1 atom stereocenters. The number of piperidine rings is 1. The first-order chi connectivity index (χ1) is 9.05. The fourth-order valence-corrected chi connectivity index (χ4v) is 2.61. The van der Waals surface area contributed by atoms with Crippen molar-refractivity contribution in [2.45, 2.75) is 38.0 Å². The lowest BCUT2D eigenvalue weighted by Crippen LogP contribution is -2.37. The Kier molecular flexibility index (Phi) is 4.50. The topological polar surface area (TPSA) is 65.4 Å². The Balaban J connectivity index is 2.19. The number of aliphatic hydroxyl groups excluding tert-OH is 2. The largest absolute Gasteiger partial charge is 0.394 e. The molecule has 1 saturated heterocycles. The van der Waals surface area contributed by atoms with Crippen molar-refractivity contribution in [2.24, 2.45) is 0 Å². The molecule has 1 unspecified atom stereocenters. The second-order valence-electron chi connectivity index (χ2n) is 5.26. The molecule has 1 aromatic heterocycles. The van der Waals surface area contributed by atoms with Crippen LogP contribution in [0.4, 0.5) is 4.39 Å². The van der Waals surface area contributed by atoms with Crippen LogP contribution in [-0.4, -0.2) is 41.0 Å². The number of hydrogen-bond acceptors (Lipinski definition) is 4. The van der Waals surface area contributed by atoms with Gasteiger partial charge in [0.1, 0.15) is 0 Å². The van der Waals surface area contributed by atoms with Gasteiger partial charge >= 0.3 is 0 Å². The number of aromatic nitrogens is 1. The van der Waals surface area contributed by atoms with Crippen LogP contribution in [0.5, 0.6) is 0 Å². The van der Waals surface area contributed by atoms with Crippen molar-refractivity contribution in [3.8, 4) is 0 Å². The third-order valence-corrected chi connectivity index (χ3v) is 3.64. The van der Waals surface area contributed by atoms with Crippen molar-refractivity contribution in [3.05, 3.63) is 29.1 Å². The molecule has 0 bridgehead atoms. The number of pyridine rings is 1. The highest BCUT2D eigenvalue weighted by Gasteiger charge is 2.36. The van der Waals surface area contributed by atoms with E-state index in [1.54, 1.807) is 6.20 Å². The van der Waals surface area contributed by atoms with Crippen molar-refractivity contribution in [1.82, 2.24) is 10.3 Å². The van der Waals surface area contributed by atoms with Gasteiger partial charge in [-0.2, -0.15) is 0 Å². The molecule has 1 aliphatic heterocycles. The molecule has 106 valence electrons. The summed E-state index contributed by atoms with van der Waals surface area (Å²) < 4.78 is 14.8. The Morgan fingerprint density at radius 1 is 1.47 bits per heavy atom. The maximum atomic E-state index is 14.8. The predicted molar refractivity (Wildman–Crippen MR) is 70.7 cm³/mol. The molecule has 1 fully saturated rings. The lowest BCUT2D eigenvalue weighted by Gasteiger charge is -2.30. The molecule has 4 nitrogen and oxygen atoms in total. The third kappa shape index (κ3) is 3.29. The maximum absolute atomic E-state index is 14.8. The summed E-state index contributed by atoms with van der Waals surface area (Å²) in [6, 6.07) is 1.85. The normalized spacial score (nSPS) is 20.2. The van der Waals surface area contributed by atoms with Gasteiger partial charge in [-0.25, -0.2) is 4.39 Å². The summed E-state index contributed by atoms with van der Waals surface area (Å²) in [5.41, 5.74) is 0.798. The molecule has 3 N–H and O–H groups in total. The van der Waals surface area contributed by atoms with Gasteiger partial charge < -0.3 is 15.5 Å². The van der Waals surface area contributed by atoms with E-state index in [4.69, 9.17) is 5.11 Å². The van der Waals surface area contributed by atoms with Crippen LogP contribution in [0.3, 0.4) is 0 Å². The van der Waals surface area contributed by atoms with Crippen molar-refractivity contribution in [2.75, 3.05) is 19.7 Å². The standard InChI is InChI=1S/C14H21FN2O2/c1-10-6-11(7-12(19)9-18)8-17-13(10)14(15)2-4-16-5-3-14/h6,8,12,16,18-19H,2-5,7,9H2,1H3. The van der Waals surface area contributed by atoms with Crippen LogP contribution in [0, 0.1) is 6.92 Å². The average molecular weight is 268 g/mol. The number of rotatable bonds is 4. The minimum atomic E-state index is -1.34. The molecular weight excluding hydrogens is 247 g/mol. The fraction of sp³-hybridized carbons (Fsp3) is 0.643. The summed E-state index contributed by atoms with van der Waals surface area (Å²) in [5, 5.41) is 21.4. The van der Waals surface area contributed by atoms with Gasteiger partial charge in [0.25, 0.3) is 0 Å². The number of nitrogens with zero attached hydrogens (tertiary/aromatic N) is 1. The number of nitrogens with one attached hydrogen (secondary N) is 1. The minimum absolute atomic E-state index is 0.278. The first-order valence-corrected chi connectivity index (χ1v) is 6.70. The fourth-order valence-electron chi connectivity index (χ4n) is 2.61. The summed E-state index contributed by atoms with van der Waals surface area (Å²) in [5.74, 6) is 0. The van der Waals surface area contributed by atoms with Crippen molar-refractivity contribution < 1.29 is 14.6 Å². The summed E-state index contributed by atoms with van der Waals surface area (Å²) in [6.45, 7) is 2.91. The van der Waals surface area contributed by atoms with Gasteiger partial charge in [-0.3, -0.25) is 4.98 Å². The zero-order valence-corrected chi connectivity index (χ0v) is 11.2. The monoisotopic (exact) mass is 268 g/mol. The van der Waals surface area contributed by atoms with Crippen LogP contribution in [0.1, 0.15) is 29.7 Å². The lowest BCUT2D eigenvalue weighted by atomic mass is 9.87. The smallest absolute Gasteiger partial charge is 0.155 e. The molecule has 0 amide bonds. The Bertz CT molecular complexity index is 433. The van der Waals surface area contributed by atoms with Crippen LogP contribution >= 0.6 is 0 Å². The second kappa shape index (κ2) is 5.94. The van der Waals surface area contributed by atoms with Crippen LogP contribution < -0.4 is 5.32 Å².